The number of amides is 2. The van der Waals surface area contributed by atoms with E-state index < -0.39 is 23.2 Å². The number of rotatable bonds is 7. The van der Waals surface area contributed by atoms with Crippen molar-refractivity contribution in [3.8, 4) is 17.2 Å². The summed E-state index contributed by atoms with van der Waals surface area (Å²) in [6, 6.07) is 11.6. The van der Waals surface area contributed by atoms with Gasteiger partial charge in [0, 0.05) is 0 Å². The minimum atomic E-state index is -0.723. The highest BCUT2D eigenvalue weighted by Gasteiger charge is 2.25. The quantitative estimate of drug-likeness (QED) is 0.473. The third kappa shape index (κ3) is 6.24. The van der Waals surface area contributed by atoms with Crippen LogP contribution in [0.25, 0.3) is 6.08 Å². The zero-order chi connectivity index (χ0) is 21.7. The van der Waals surface area contributed by atoms with Crippen LogP contribution in [-0.2, 0) is 20.7 Å². The third-order valence-electron chi connectivity index (χ3n) is 4.24. The van der Waals surface area contributed by atoms with Crippen LogP contribution in [-0.4, -0.2) is 37.4 Å². The van der Waals surface area contributed by atoms with Gasteiger partial charge in [0.25, 0.3) is 11.1 Å². The molecule has 1 aliphatic heterocycles. The Balaban J connectivity index is 0.00000341. The first-order valence-electron chi connectivity index (χ1n) is 8.92. The number of esters is 1. The van der Waals surface area contributed by atoms with Crippen molar-refractivity contribution in [3.63, 3.8) is 0 Å². The zero-order valence-corrected chi connectivity index (χ0v) is 18.4. The molecule has 8 nitrogen and oxygen atoms in total. The van der Waals surface area contributed by atoms with Gasteiger partial charge in [-0.15, -0.1) is 12.4 Å². The Morgan fingerprint density at radius 2 is 1.84 bits per heavy atom. The number of carbonyl (C=O) groups is 3. The Kier molecular flexibility index (Phi) is 8.49. The van der Waals surface area contributed by atoms with E-state index in [1.807, 2.05) is 12.1 Å². The first kappa shape index (κ1) is 24.3. The number of halogens is 1. The van der Waals surface area contributed by atoms with Gasteiger partial charge < -0.3 is 19.9 Å². The molecule has 0 unspecified atom stereocenters. The van der Waals surface area contributed by atoms with Gasteiger partial charge in [0.05, 0.1) is 19.1 Å². The van der Waals surface area contributed by atoms with E-state index in [0.717, 1.165) is 17.3 Å². The fourth-order valence-electron chi connectivity index (χ4n) is 2.74. The molecule has 0 aliphatic carbocycles. The number of methoxy groups -OCH3 is 2. The number of hydrogen-bond acceptors (Lipinski definition) is 8. The smallest absolute Gasteiger partial charge is 0.322 e. The van der Waals surface area contributed by atoms with Crippen molar-refractivity contribution in [2.24, 2.45) is 5.73 Å². The molecule has 0 spiro atoms. The Morgan fingerprint density at radius 3 is 2.42 bits per heavy atom. The molecule has 1 aliphatic rings. The number of nitrogens with two attached hydrogens (primary N) is 1. The lowest BCUT2D eigenvalue weighted by atomic mass is 10.1. The SMILES string of the molecule is COC(=O)[C@@H](N)Cc1ccc(Oc2ccc(/C=C3\SC(=O)NC3=O)cc2OC)cc1.Cl. The highest BCUT2D eigenvalue weighted by Crippen LogP contribution is 2.34. The van der Waals surface area contributed by atoms with Gasteiger partial charge >= 0.3 is 5.97 Å². The Bertz CT molecular complexity index is 1010. The number of carbonyl (C=O) groups excluding carboxylic acids is 3. The van der Waals surface area contributed by atoms with Crippen molar-refractivity contribution in [3.05, 3.63) is 58.5 Å². The van der Waals surface area contributed by atoms with Gasteiger partial charge in [0.15, 0.2) is 11.5 Å². The van der Waals surface area contributed by atoms with Crippen molar-refractivity contribution in [2.45, 2.75) is 12.5 Å². The van der Waals surface area contributed by atoms with Crippen LogP contribution >= 0.6 is 24.2 Å². The summed E-state index contributed by atoms with van der Waals surface area (Å²) >= 11 is 0.849. The van der Waals surface area contributed by atoms with Crippen molar-refractivity contribution < 1.29 is 28.6 Å². The third-order valence-corrected chi connectivity index (χ3v) is 5.05. The molecule has 1 heterocycles. The molecule has 0 aromatic heterocycles. The summed E-state index contributed by atoms with van der Waals surface area (Å²) in [5.41, 5.74) is 7.34. The molecule has 1 fully saturated rings. The first-order valence-corrected chi connectivity index (χ1v) is 9.74. The number of hydrogen-bond donors (Lipinski definition) is 2. The van der Waals surface area contributed by atoms with Gasteiger partial charge in [0.1, 0.15) is 11.8 Å². The average Bonchev–Trinajstić information content (AvgIpc) is 3.06. The predicted octanol–water partition coefficient (Wildman–Crippen LogP) is 3.28. The highest BCUT2D eigenvalue weighted by molar-refractivity contribution is 8.18. The van der Waals surface area contributed by atoms with Crippen LogP contribution in [0.5, 0.6) is 17.2 Å². The molecule has 31 heavy (non-hydrogen) atoms. The lowest BCUT2D eigenvalue weighted by Crippen LogP contribution is -2.33. The fraction of sp³-hybridized carbons (Fsp3) is 0.190. The van der Waals surface area contributed by atoms with Crippen LogP contribution in [0.4, 0.5) is 4.79 Å². The van der Waals surface area contributed by atoms with Gasteiger partial charge in [-0.3, -0.25) is 19.7 Å². The van der Waals surface area contributed by atoms with E-state index in [1.165, 1.54) is 14.2 Å². The number of nitrogens with one attached hydrogen (secondary N) is 1. The van der Waals surface area contributed by atoms with E-state index in [-0.39, 0.29) is 12.4 Å². The molecule has 1 saturated heterocycles. The van der Waals surface area contributed by atoms with E-state index in [9.17, 15) is 14.4 Å². The zero-order valence-electron chi connectivity index (χ0n) is 16.7. The van der Waals surface area contributed by atoms with Crippen LogP contribution < -0.4 is 20.5 Å². The normalized spacial score (nSPS) is 15.1. The van der Waals surface area contributed by atoms with E-state index in [0.29, 0.717) is 34.1 Å². The molecule has 3 rings (SSSR count). The summed E-state index contributed by atoms with van der Waals surface area (Å²) in [5.74, 6) is 0.643. The van der Waals surface area contributed by atoms with Crippen molar-refractivity contribution in [1.82, 2.24) is 5.32 Å². The first-order chi connectivity index (χ1) is 14.4. The van der Waals surface area contributed by atoms with Gasteiger partial charge in [-0.05, 0) is 59.7 Å². The summed E-state index contributed by atoms with van der Waals surface area (Å²) in [6.07, 6.45) is 1.96. The molecule has 0 saturated carbocycles. The molecule has 1 atom stereocenters. The second-order valence-electron chi connectivity index (χ2n) is 6.34. The predicted molar refractivity (Wildman–Crippen MR) is 120 cm³/mol. The summed E-state index contributed by atoms with van der Waals surface area (Å²) in [6.45, 7) is 0. The molecule has 3 N–H and O–H groups in total. The Morgan fingerprint density at radius 1 is 1.13 bits per heavy atom. The largest absolute Gasteiger partial charge is 0.493 e. The number of thioether (sulfide) groups is 1. The van der Waals surface area contributed by atoms with Crippen molar-refractivity contribution >= 4 is 47.4 Å². The Labute approximate surface area is 189 Å². The molecular weight excluding hydrogens is 444 g/mol. The lowest BCUT2D eigenvalue weighted by molar-refractivity contribution is -0.142. The monoisotopic (exact) mass is 464 g/mol. The fourth-order valence-corrected chi connectivity index (χ4v) is 3.42. The maximum Gasteiger partial charge on any atom is 0.322 e. The van der Waals surface area contributed by atoms with Gasteiger partial charge in [-0.25, -0.2) is 0 Å². The van der Waals surface area contributed by atoms with Gasteiger partial charge in [-0.1, -0.05) is 18.2 Å². The van der Waals surface area contributed by atoms with Crippen LogP contribution in [0.1, 0.15) is 11.1 Å². The van der Waals surface area contributed by atoms with E-state index >= 15 is 0 Å². The molecule has 2 aromatic carbocycles. The average molecular weight is 465 g/mol. The molecule has 2 amide bonds. The molecule has 0 radical (unpaired) electrons. The van der Waals surface area contributed by atoms with Crippen LogP contribution in [0, 0.1) is 0 Å². The maximum atomic E-state index is 11.7. The lowest BCUT2D eigenvalue weighted by Gasteiger charge is -2.12. The topological polar surface area (TPSA) is 117 Å². The molecule has 0 bridgehead atoms. The molecule has 164 valence electrons. The van der Waals surface area contributed by atoms with Gasteiger partial charge in [0.2, 0.25) is 0 Å². The van der Waals surface area contributed by atoms with E-state index in [2.05, 4.69) is 10.1 Å². The maximum absolute atomic E-state index is 11.7. The van der Waals surface area contributed by atoms with E-state index in [1.54, 1.807) is 36.4 Å². The van der Waals surface area contributed by atoms with Crippen LogP contribution in [0.15, 0.2) is 47.4 Å². The number of ether oxygens (including phenoxy) is 3. The molecular formula is C21H21ClN2O6S. The number of benzene rings is 2. The summed E-state index contributed by atoms with van der Waals surface area (Å²) in [4.78, 5) is 34.7. The van der Waals surface area contributed by atoms with Crippen molar-refractivity contribution in [1.29, 1.82) is 0 Å². The minimum Gasteiger partial charge on any atom is -0.493 e. The molecule has 10 heteroatoms. The summed E-state index contributed by atoms with van der Waals surface area (Å²) < 4.78 is 15.9. The van der Waals surface area contributed by atoms with Gasteiger partial charge in [-0.2, -0.15) is 0 Å². The Hall–Kier alpha value is -3.01. The summed E-state index contributed by atoms with van der Waals surface area (Å²) in [7, 11) is 2.81. The number of imide groups is 1. The molecule has 2 aromatic rings. The standard InChI is InChI=1S/C21H20N2O6S.ClH/c1-27-17-10-13(11-18-19(24)23-21(26)30-18)5-8-16(17)29-14-6-3-12(4-7-14)9-15(22)20(25)28-2;/h3-8,10-11,15H,9,22H2,1-2H3,(H,23,24,26);1H/b18-11-;/t15-;/m0./s1. The highest BCUT2D eigenvalue weighted by atomic mass is 35.5. The van der Waals surface area contributed by atoms with E-state index in [4.69, 9.17) is 15.2 Å². The minimum absolute atomic E-state index is 0. The van der Waals surface area contributed by atoms with Crippen LogP contribution in [0.3, 0.4) is 0 Å². The van der Waals surface area contributed by atoms with Crippen LogP contribution in [0.2, 0.25) is 0 Å². The van der Waals surface area contributed by atoms with Crippen molar-refractivity contribution in [2.75, 3.05) is 14.2 Å². The second kappa shape index (κ2) is 10.9. The second-order valence-corrected chi connectivity index (χ2v) is 7.36. The summed E-state index contributed by atoms with van der Waals surface area (Å²) in [5, 5.41) is 1.82.